The standard InChI is InChI=1S/C15H19FN2O2/c16-13-3-1-2-11(8-13)14-10-18(6-7-20-14)15(19)12-4-5-17-9-12/h1-3,8,12,14,17H,4-7,9-10H2. The predicted octanol–water partition coefficient (Wildman–Crippen LogP) is 1.34. The van der Waals surface area contributed by atoms with Gasteiger partial charge in [0.1, 0.15) is 11.9 Å². The summed E-state index contributed by atoms with van der Waals surface area (Å²) in [4.78, 5) is 14.3. The Kier molecular flexibility index (Phi) is 3.98. The van der Waals surface area contributed by atoms with Gasteiger partial charge in [-0.2, -0.15) is 0 Å². The van der Waals surface area contributed by atoms with Crippen molar-refractivity contribution < 1.29 is 13.9 Å². The maximum atomic E-state index is 13.3. The van der Waals surface area contributed by atoms with Crippen molar-refractivity contribution in [2.75, 3.05) is 32.8 Å². The van der Waals surface area contributed by atoms with Crippen LogP contribution in [0.25, 0.3) is 0 Å². The molecule has 5 heteroatoms. The van der Waals surface area contributed by atoms with Crippen molar-refractivity contribution in [1.29, 1.82) is 0 Å². The first-order valence-corrected chi connectivity index (χ1v) is 7.10. The summed E-state index contributed by atoms with van der Waals surface area (Å²) in [6.07, 6.45) is 0.679. The highest BCUT2D eigenvalue weighted by Gasteiger charge is 2.31. The topological polar surface area (TPSA) is 41.6 Å². The Morgan fingerprint density at radius 1 is 1.45 bits per heavy atom. The van der Waals surface area contributed by atoms with E-state index in [0.717, 1.165) is 25.1 Å². The van der Waals surface area contributed by atoms with Gasteiger partial charge in [-0.05, 0) is 30.7 Å². The molecule has 2 heterocycles. The van der Waals surface area contributed by atoms with Crippen molar-refractivity contribution in [3.05, 3.63) is 35.6 Å². The van der Waals surface area contributed by atoms with Gasteiger partial charge in [0.15, 0.2) is 0 Å². The highest BCUT2D eigenvalue weighted by molar-refractivity contribution is 5.79. The molecule has 2 aliphatic rings. The lowest BCUT2D eigenvalue weighted by molar-refractivity contribution is -0.142. The average Bonchev–Trinajstić information content (AvgIpc) is 3.01. The first kappa shape index (κ1) is 13.5. The van der Waals surface area contributed by atoms with E-state index in [4.69, 9.17) is 4.74 Å². The zero-order valence-electron chi connectivity index (χ0n) is 11.3. The summed E-state index contributed by atoms with van der Waals surface area (Å²) >= 11 is 0. The SMILES string of the molecule is O=C(C1CCNC1)N1CCOC(c2cccc(F)c2)C1. The van der Waals surface area contributed by atoms with Crippen LogP contribution < -0.4 is 5.32 Å². The first-order valence-electron chi connectivity index (χ1n) is 7.10. The van der Waals surface area contributed by atoms with Gasteiger partial charge in [-0.25, -0.2) is 4.39 Å². The van der Waals surface area contributed by atoms with Crippen molar-refractivity contribution in [2.24, 2.45) is 5.92 Å². The summed E-state index contributed by atoms with van der Waals surface area (Å²) in [6, 6.07) is 6.42. The molecule has 0 aliphatic carbocycles. The van der Waals surface area contributed by atoms with Crippen LogP contribution in [0, 0.1) is 11.7 Å². The van der Waals surface area contributed by atoms with E-state index in [1.54, 1.807) is 6.07 Å². The Bertz CT molecular complexity index is 489. The van der Waals surface area contributed by atoms with Crippen LogP contribution in [0.15, 0.2) is 24.3 Å². The van der Waals surface area contributed by atoms with Gasteiger partial charge in [-0.3, -0.25) is 4.79 Å². The number of morpholine rings is 1. The number of ether oxygens (including phenoxy) is 1. The number of rotatable bonds is 2. The number of carbonyl (C=O) groups excluding carboxylic acids is 1. The van der Waals surface area contributed by atoms with E-state index in [2.05, 4.69) is 5.32 Å². The molecule has 3 rings (SSSR count). The summed E-state index contributed by atoms with van der Waals surface area (Å²) in [7, 11) is 0. The molecule has 0 saturated carbocycles. The van der Waals surface area contributed by atoms with E-state index >= 15 is 0 Å². The Hall–Kier alpha value is -1.46. The number of hydrogen-bond acceptors (Lipinski definition) is 3. The average molecular weight is 278 g/mol. The van der Waals surface area contributed by atoms with Gasteiger partial charge in [-0.15, -0.1) is 0 Å². The molecule has 0 spiro atoms. The molecule has 1 amide bonds. The van der Waals surface area contributed by atoms with Crippen LogP contribution in [-0.4, -0.2) is 43.6 Å². The fourth-order valence-corrected chi connectivity index (χ4v) is 2.88. The number of halogens is 1. The van der Waals surface area contributed by atoms with Gasteiger partial charge in [0.25, 0.3) is 0 Å². The molecule has 108 valence electrons. The Morgan fingerprint density at radius 3 is 3.10 bits per heavy atom. The third kappa shape index (κ3) is 2.83. The van der Waals surface area contributed by atoms with E-state index in [1.807, 2.05) is 11.0 Å². The molecule has 2 unspecified atom stereocenters. The van der Waals surface area contributed by atoms with Gasteiger partial charge in [0, 0.05) is 13.1 Å². The molecule has 1 aromatic carbocycles. The fourth-order valence-electron chi connectivity index (χ4n) is 2.88. The van der Waals surface area contributed by atoms with Gasteiger partial charge in [-0.1, -0.05) is 12.1 Å². The zero-order valence-corrected chi connectivity index (χ0v) is 11.3. The van der Waals surface area contributed by atoms with Crippen molar-refractivity contribution in [3.63, 3.8) is 0 Å². The molecular formula is C15H19FN2O2. The van der Waals surface area contributed by atoms with Gasteiger partial charge in [0.05, 0.1) is 19.1 Å². The van der Waals surface area contributed by atoms with Crippen molar-refractivity contribution in [2.45, 2.75) is 12.5 Å². The highest BCUT2D eigenvalue weighted by Crippen LogP contribution is 2.24. The van der Waals surface area contributed by atoms with Crippen LogP contribution in [0.2, 0.25) is 0 Å². The molecule has 2 saturated heterocycles. The molecule has 1 aromatic rings. The largest absolute Gasteiger partial charge is 0.370 e. The Labute approximate surface area is 117 Å². The molecule has 2 fully saturated rings. The second-order valence-corrected chi connectivity index (χ2v) is 5.39. The summed E-state index contributed by atoms with van der Waals surface area (Å²) < 4.78 is 19.0. The summed E-state index contributed by atoms with van der Waals surface area (Å²) in [5, 5.41) is 3.21. The third-order valence-electron chi connectivity index (χ3n) is 4.01. The molecule has 4 nitrogen and oxygen atoms in total. The highest BCUT2D eigenvalue weighted by atomic mass is 19.1. The van der Waals surface area contributed by atoms with Crippen LogP contribution in [-0.2, 0) is 9.53 Å². The monoisotopic (exact) mass is 278 g/mol. The summed E-state index contributed by atoms with van der Waals surface area (Å²) in [5.74, 6) is 0.00973. The number of amides is 1. The van der Waals surface area contributed by atoms with Crippen LogP contribution in [0.3, 0.4) is 0 Å². The van der Waals surface area contributed by atoms with Gasteiger partial charge < -0.3 is 15.0 Å². The van der Waals surface area contributed by atoms with Crippen LogP contribution >= 0.6 is 0 Å². The lowest BCUT2D eigenvalue weighted by Gasteiger charge is -2.34. The Balaban J connectivity index is 1.68. The number of nitrogens with zero attached hydrogens (tertiary/aromatic N) is 1. The summed E-state index contributed by atoms with van der Waals surface area (Å²) in [6.45, 7) is 3.32. The number of carbonyl (C=O) groups is 1. The molecule has 1 N–H and O–H groups in total. The minimum Gasteiger partial charge on any atom is -0.370 e. The summed E-state index contributed by atoms with van der Waals surface area (Å²) in [5.41, 5.74) is 0.798. The van der Waals surface area contributed by atoms with Crippen LogP contribution in [0.4, 0.5) is 4.39 Å². The lowest BCUT2D eigenvalue weighted by atomic mass is 10.0. The maximum Gasteiger partial charge on any atom is 0.227 e. The van der Waals surface area contributed by atoms with Gasteiger partial charge >= 0.3 is 0 Å². The third-order valence-corrected chi connectivity index (χ3v) is 4.01. The quantitative estimate of drug-likeness (QED) is 0.887. The van der Waals surface area contributed by atoms with Crippen LogP contribution in [0.5, 0.6) is 0 Å². The predicted molar refractivity (Wildman–Crippen MR) is 72.6 cm³/mol. The molecule has 2 atom stereocenters. The Morgan fingerprint density at radius 2 is 2.35 bits per heavy atom. The minimum absolute atomic E-state index is 0.0845. The van der Waals surface area contributed by atoms with E-state index in [9.17, 15) is 9.18 Å². The molecule has 0 radical (unpaired) electrons. The fraction of sp³-hybridized carbons (Fsp3) is 0.533. The van der Waals surface area contributed by atoms with Gasteiger partial charge in [0.2, 0.25) is 5.91 Å². The van der Waals surface area contributed by atoms with E-state index < -0.39 is 0 Å². The van der Waals surface area contributed by atoms with Crippen LogP contribution in [0.1, 0.15) is 18.1 Å². The number of nitrogens with one attached hydrogen (secondary N) is 1. The van der Waals surface area contributed by atoms with E-state index in [0.29, 0.717) is 19.7 Å². The lowest BCUT2D eigenvalue weighted by Crippen LogP contribution is -2.45. The molecule has 0 aromatic heterocycles. The first-order chi connectivity index (χ1) is 9.74. The van der Waals surface area contributed by atoms with E-state index in [-0.39, 0.29) is 23.7 Å². The molecule has 0 bridgehead atoms. The number of benzene rings is 1. The second kappa shape index (κ2) is 5.89. The van der Waals surface area contributed by atoms with Crippen molar-refractivity contribution in [3.8, 4) is 0 Å². The molecule has 20 heavy (non-hydrogen) atoms. The minimum atomic E-state index is -0.269. The molecule has 2 aliphatic heterocycles. The van der Waals surface area contributed by atoms with Crippen molar-refractivity contribution in [1.82, 2.24) is 10.2 Å². The van der Waals surface area contributed by atoms with E-state index in [1.165, 1.54) is 12.1 Å². The molecular weight excluding hydrogens is 259 g/mol. The smallest absolute Gasteiger partial charge is 0.227 e. The number of hydrogen-bond donors (Lipinski definition) is 1. The maximum absolute atomic E-state index is 13.3. The zero-order chi connectivity index (χ0) is 13.9. The second-order valence-electron chi connectivity index (χ2n) is 5.39. The normalized spacial score (nSPS) is 26.8. The van der Waals surface area contributed by atoms with Crippen molar-refractivity contribution >= 4 is 5.91 Å².